The smallest absolute Gasteiger partial charge is 0.406 e. The van der Waals surface area contributed by atoms with E-state index in [2.05, 4.69) is 36.8 Å². The summed E-state index contributed by atoms with van der Waals surface area (Å²) in [7, 11) is 1.67. The van der Waals surface area contributed by atoms with Crippen LogP contribution in [0.3, 0.4) is 0 Å². The highest BCUT2D eigenvalue weighted by Crippen LogP contribution is 2.27. The Balaban J connectivity index is 0.00000190. The number of rotatable bonds is 4. The molecule has 0 atom stereocenters. The van der Waals surface area contributed by atoms with Crippen molar-refractivity contribution in [1.29, 1.82) is 0 Å². The first-order valence-corrected chi connectivity index (χ1v) is 10.6. The van der Waals surface area contributed by atoms with E-state index in [1.54, 1.807) is 13.1 Å². The molecule has 2 aromatic rings. The Morgan fingerprint density at radius 1 is 1.07 bits per heavy atom. The maximum absolute atomic E-state index is 12.7. The lowest BCUT2D eigenvalue weighted by molar-refractivity contribution is 0.200. The number of nitrogens with zero attached hydrogens (tertiary/aromatic N) is 2. The molecular weight excluding hydrogens is 484 g/mol. The molecule has 4 nitrogen and oxygen atoms in total. The molecule has 1 aromatic heterocycles. The van der Waals surface area contributed by atoms with E-state index in [0.717, 1.165) is 21.4 Å². The lowest BCUT2D eigenvalue weighted by atomic mass is 10.2. The van der Waals surface area contributed by atoms with E-state index >= 15 is 0 Å². The summed E-state index contributed by atoms with van der Waals surface area (Å²) in [6, 6.07) is 13.2. The Hall–Kier alpha value is -1.92. The van der Waals surface area contributed by atoms with Crippen LogP contribution < -0.4 is 4.90 Å². The molecule has 0 fully saturated rings. The second-order valence-corrected chi connectivity index (χ2v) is 7.94. The molecule has 0 N–H and O–H groups in total. The van der Waals surface area contributed by atoms with E-state index in [-0.39, 0.29) is 0 Å². The largest absolute Gasteiger partial charge is 0.419 e. The van der Waals surface area contributed by atoms with Crippen LogP contribution in [0.15, 0.2) is 57.5 Å². The number of pyridine rings is 1. The van der Waals surface area contributed by atoms with Gasteiger partial charge in [-0.25, -0.2) is 9.78 Å². The van der Waals surface area contributed by atoms with Crippen molar-refractivity contribution in [3.05, 3.63) is 74.5 Å². The lowest BCUT2D eigenvalue weighted by Gasteiger charge is -2.19. The predicted octanol–water partition coefficient (Wildman–Crippen LogP) is 7.36. The topological polar surface area (TPSA) is 42.4 Å². The molecule has 0 saturated heterocycles. The van der Waals surface area contributed by atoms with Crippen LogP contribution in [0.25, 0.3) is 5.76 Å². The molecule has 1 amide bonds. The van der Waals surface area contributed by atoms with Crippen molar-refractivity contribution in [3.8, 4) is 0 Å². The van der Waals surface area contributed by atoms with Gasteiger partial charge < -0.3 is 4.74 Å². The molecule has 0 unspecified atom stereocenters. The minimum Gasteiger partial charge on any atom is -0.406 e. The number of hydrogen-bond acceptors (Lipinski definition) is 3. The molecule has 0 radical (unpaired) electrons. The molecule has 1 heterocycles. The number of carbonyl (C=O) groups is 1. The van der Waals surface area contributed by atoms with Gasteiger partial charge in [0.15, 0.2) is 5.76 Å². The third kappa shape index (κ3) is 7.24. The first-order chi connectivity index (χ1) is 13.3. The standard InChI is InChI=1S/C20H20Br2N2O2.C2H6/c1-13-8-10-16(11-9-13)24(4)20(25)26-19(17(22)12-14(2)21)18-7-5-6-15(3)23-18;1-2/h5-12H,1-4H3;1-2H3/b14-12+,19-17-;. The highest BCUT2D eigenvalue weighted by atomic mass is 79.9. The van der Waals surface area contributed by atoms with Gasteiger partial charge in [-0.1, -0.05) is 53.5 Å². The molecule has 0 bridgehead atoms. The first-order valence-electron chi connectivity index (χ1n) is 8.97. The maximum atomic E-state index is 12.7. The summed E-state index contributed by atoms with van der Waals surface area (Å²) in [5.41, 5.74) is 3.29. The minimum atomic E-state index is -0.496. The Kier molecular flexibility index (Phi) is 10.2. The monoisotopic (exact) mass is 508 g/mol. The summed E-state index contributed by atoms with van der Waals surface area (Å²) < 4.78 is 7.20. The van der Waals surface area contributed by atoms with Gasteiger partial charge in [0.25, 0.3) is 0 Å². The lowest BCUT2D eigenvalue weighted by Crippen LogP contribution is -2.26. The zero-order chi connectivity index (χ0) is 21.3. The van der Waals surface area contributed by atoms with Gasteiger partial charge in [-0.2, -0.15) is 0 Å². The van der Waals surface area contributed by atoms with Gasteiger partial charge in [0, 0.05) is 18.4 Å². The molecule has 2 rings (SSSR count). The second-order valence-electron chi connectivity index (χ2n) is 5.83. The van der Waals surface area contributed by atoms with Crippen molar-refractivity contribution in [1.82, 2.24) is 4.98 Å². The number of carbonyl (C=O) groups excluding carboxylic acids is 1. The maximum Gasteiger partial charge on any atom is 0.419 e. The number of halogens is 2. The number of ether oxygens (including phenoxy) is 1. The van der Waals surface area contributed by atoms with Gasteiger partial charge >= 0.3 is 6.09 Å². The summed E-state index contributed by atoms with van der Waals surface area (Å²) in [6.45, 7) is 9.78. The van der Waals surface area contributed by atoms with Gasteiger partial charge in [0.2, 0.25) is 0 Å². The summed E-state index contributed by atoms with van der Waals surface area (Å²) in [4.78, 5) is 18.6. The normalized spacial score (nSPS) is 11.8. The zero-order valence-electron chi connectivity index (χ0n) is 17.1. The third-order valence-electron chi connectivity index (χ3n) is 3.55. The van der Waals surface area contributed by atoms with Crippen LogP contribution >= 0.6 is 31.9 Å². The van der Waals surface area contributed by atoms with Gasteiger partial charge in [-0.15, -0.1) is 0 Å². The fourth-order valence-corrected chi connectivity index (χ4v) is 3.33. The summed E-state index contributed by atoms with van der Waals surface area (Å²) >= 11 is 6.88. The average molecular weight is 510 g/mol. The number of aryl methyl sites for hydroxylation is 2. The average Bonchev–Trinajstić information content (AvgIpc) is 2.67. The number of amides is 1. The van der Waals surface area contributed by atoms with E-state index in [0.29, 0.717) is 15.9 Å². The Labute approximate surface area is 184 Å². The highest BCUT2D eigenvalue weighted by molar-refractivity contribution is 9.12. The van der Waals surface area contributed by atoms with E-state index in [4.69, 9.17) is 4.74 Å². The number of benzene rings is 1. The SMILES string of the molecule is C/C(Br)=C\C(Br)=C(\OC(=O)N(C)c1ccc(C)cc1)c1cccc(C)n1.CC. The fourth-order valence-electron chi connectivity index (χ4n) is 2.16. The molecule has 28 heavy (non-hydrogen) atoms. The Bertz CT molecular complexity index is 855. The predicted molar refractivity (Wildman–Crippen MR) is 125 cm³/mol. The molecule has 0 spiro atoms. The molecule has 150 valence electrons. The van der Waals surface area contributed by atoms with Crippen molar-refractivity contribution < 1.29 is 9.53 Å². The number of aromatic nitrogens is 1. The van der Waals surface area contributed by atoms with Crippen LogP contribution in [-0.4, -0.2) is 18.1 Å². The van der Waals surface area contributed by atoms with E-state index < -0.39 is 6.09 Å². The van der Waals surface area contributed by atoms with Crippen molar-refractivity contribution in [3.63, 3.8) is 0 Å². The fraction of sp³-hybridized carbons (Fsp3) is 0.273. The molecule has 0 aliphatic carbocycles. The molecule has 0 aliphatic rings. The molecular formula is C22H26Br2N2O2. The summed E-state index contributed by atoms with van der Waals surface area (Å²) in [5, 5.41) is 0. The summed E-state index contributed by atoms with van der Waals surface area (Å²) in [6.07, 6.45) is 1.32. The van der Waals surface area contributed by atoms with Gasteiger partial charge in [0.05, 0.1) is 4.48 Å². The van der Waals surface area contributed by atoms with Crippen LogP contribution in [0, 0.1) is 13.8 Å². The van der Waals surface area contributed by atoms with E-state index in [1.165, 1.54) is 4.90 Å². The molecule has 0 aliphatic heterocycles. The molecule has 6 heteroatoms. The number of allylic oxidation sites excluding steroid dienone is 3. The molecule has 1 aromatic carbocycles. The Morgan fingerprint density at radius 2 is 1.68 bits per heavy atom. The van der Waals surface area contributed by atoms with E-state index in [9.17, 15) is 4.79 Å². The van der Waals surface area contributed by atoms with Crippen molar-refractivity contribution in [2.45, 2.75) is 34.6 Å². The van der Waals surface area contributed by atoms with Crippen LogP contribution in [0.2, 0.25) is 0 Å². The highest BCUT2D eigenvalue weighted by Gasteiger charge is 2.19. The van der Waals surface area contributed by atoms with Crippen LogP contribution in [0.5, 0.6) is 0 Å². The van der Waals surface area contributed by atoms with E-state index in [1.807, 2.05) is 77.1 Å². The second kappa shape index (κ2) is 11.8. The first kappa shape index (κ1) is 24.1. The minimum absolute atomic E-state index is 0.358. The number of anilines is 1. The van der Waals surface area contributed by atoms with Gasteiger partial charge in [0.1, 0.15) is 5.69 Å². The van der Waals surface area contributed by atoms with Crippen LogP contribution in [-0.2, 0) is 4.74 Å². The molecule has 0 saturated carbocycles. The zero-order valence-corrected chi connectivity index (χ0v) is 20.3. The van der Waals surface area contributed by atoms with Gasteiger partial charge in [-0.3, -0.25) is 4.90 Å². The van der Waals surface area contributed by atoms with Gasteiger partial charge in [-0.05, 0) is 71.5 Å². The quantitative estimate of drug-likeness (QED) is 0.319. The van der Waals surface area contributed by atoms with Crippen molar-refractivity contribution >= 4 is 49.4 Å². The third-order valence-corrected chi connectivity index (χ3v) is 4.37. The van der Waals surface area contributed by atoms with Crippen molar-refractivity contribution in [2.75, 3.05) is 11.9 Å². The van der Waals surface area contributed by atoms with Crippen LogP contribution in [0.1, 0.15) is 37.7 Å². The van der Waals surface area contributed by atoms with Crippen molar-refractivity contribution in [2.24, 2.45) is 0 Å². The van der Waals surface area contributed by atoms with Crippen LogP contribution in [0.4, 0.5) is 10.5 Å². The Morgan fingerprint density at radius 3 is 2.21 bits per heavy atom. The number of hydrogen-bond donors (Lipinski definition) is 0. The summed E-state index contributed by atoms with van der Waals surface area (Å²) in [5.74, 6) is 0.358.